The normalized spacial score (nSPS) is 9.92. The van der Waals surface area contributed by atoms with E-state index in [4.69, 9.17) is 11.5 Å². The maximum absolute atomic E-state index is 10.7. The predicted molar refractivity (Wildman–Crippen MR) is 43.0 cm³/mol. The number of carbonyl (C=O) groups is 2. The van der Waals surface area contributed by atoms with Gasteiger partial charge in [-0.3, -0.25) is 0 Å². The Labute approximate surface area is 75.6 Å². The number of ether oxygens (including phenoxy) is 2. The minimum Gasteiger partial charge on any atom is -0.478 e. The summed E-state index contributed by atoms with van der Waals surface area (Å²) in [6, 6.07) is 0. The molecule has 0 aliphatic heterocycles. The van der Waals surface area contributed by atoms with Crippen LogP contribution in [0.4, 0.5) is 4.79 Å². The second-order valence-corrected chi connectivity index (χ2v) is 2.66. The molecular formula is C8H10O5. The molecule has 13 heavy (non-hydrogen) atoms. The molecule has 0 aliphatic carbocycles. The van der Waals surface area contributed by atoms with E-state index >= 15 is 0 Å². The van der Waals surface area contributed by atoms with Crippen LogP contribution in [0.5, 0.6) is 0 Å². The molecule has 5 nitrogen and oxygen atoms in total. The first-order valence-corrected chi connectivity index (χ1v) is 3.43. The predicted octanol–water partition coefficient (Wildman–Crippen LogP) is 0.636. The molecule has 0 radical (unpaired) electrons. The monoisotopic (exact) mass is 186 g/mol. The highest BCUT2D eigenvalue weighted by Crippen LogP contribution is 2.09. The lowest BCUT2D eigenvalue weighted by molar-refractivity contribution is -0.157. The van der Waals surface area contributed by atoms with Crippen molar-refractivity contribution < 1.29 is 24.2 Å². The molecule has 0 aliphatic rings. The van der Waals surface area contributed by atoms with Gasteiger partial charge in [0.2, 0.25) is 5.60 Å². The molecule has 0 rings (SSSR count). The average molecular weight is 186 g/mol. The Kier molecular flexibility index (Phi) is 3.79. The van der Waals surface area contributed by atoms with E-state index in [-0.39, 0.29) is 6.61 Å². The van der Waals surface area contributed by atoms with Crippen LogP contribution in [0.3, 0.4) is 0 Å². The van der Waals surface area contributed by atoms with Gasteiger partial charge >= 0.3 is 12.1 Å². The maximum Gasteiger partial charge on any atom is 0.510 e. The number of carbonyl (C=O) groups excluding carboxylic acids is 1. The standard InChI is InChI=1S/C8H10O5/c1-4-5-12-7(11)13-8(2,3)6(9)10/h1H,5H2,2-3H3,(H,9,10). The largest absolute Gasteiger partial charge is 0.510 e. The molecule has 0 saturated carbocycles. The minimum absolute atomic E-state index is 0.242. The summed E-state index contributed by atoms with van der Waals surface area (Å²) in [4.78, 5) is 21.2. The molecule has 0 bridgehead atoms. The van der Waals surface area contributed by atoms with Crippen LogP contribution >= 0.6 is 0 Å². The average Bonchev–Trinajstić information content (AvgIpc) is 1.99. The third kappa shape index (κ3) is 4.01. The van der Waals surface area contributed by atoms with Crippen molar-refractivity contribution in [2.24, 2.45) is 0 Å². The molecule has 0 spiro atoms. The van der Waals surface area contributed by atoms with E-state index in [1.807, 2.05) is 5.92 Å². The lowest BCUT2D eigenvalue weighted by atomic mass is 10.1. The van der Waals surface area contributed by atoms with Gasteiger partial charge in [-0.1, -0.05) is 5.92 Å². The van der Waals surface area contributed by atoms with E-state index in [2.05, 4.69) is 9.47 Å². The first-order valence-electron chi connectivity index (χ1n) is 3.43. The van der Waals surface area contributed by atoms with Crippen LogP contribution in [0.2, 0.25) is 0 Å². The zero-order valence-electron chi connectivity index (χ0n) is 7.36. The van der Waals surface area contributed by atoms with Crippen LogP contribution in [-0.4, -0.2) is 29.4 Å². The summed E-state index contributed by atoms with van der Waals surface area (Å²) in [6.07, 6.45) is 3.71. The molecule has 0 fully saturated rings. The zero-order valence-corrected chi connectivity index (χ0v) is 7.36. The van der Waals surface area contributed by atoms with E-state index in [0.29, 0.717) is 0 Å². The molecule has 0 amide bonds. The van der Waals surface area contributed by atoms with E-state index in [1.54, 1.807) is 0 Å². The topological polar surface area (TPSA) is 72.8 Å². The Hall–Kier alpha value is -1.70. The van der Waals surface area contributed by atoms with Crippen molar-refractivity contribution >= 4 is 12.1 Å². The molecule has 0 aromatic rings. The Bertz CT molecular complexity index is 248. The van der Waals surface area contributed by atoms with Crippen LogP contribution in [0.25, 0.3) is 0 Å². The van der Waals surface area contributed by atoms with Crippen molar-refractivity contribution in [3.8, 4) is 12.3 Å². The lowest BCUT2D eigenvalue weighted by Gasteiger charge is -2.18. The second kappa shape index (κ2) is 4.36. The lowest BCUT2D eigenvalue weighted by Crippen LogP contribution is -2.37. The maximum atomic E-state index is 10.7. The molecule has 0 aromatic carbocycles. The second-order valence-electron chi connectivity index (χ2n) is 2.66. The van der Waals surface area contributed by atoms with E-state index in [1.165, 1.54) is 13.8 Å². The summed E-state index contributed by atoms with van der Waals surface area (Å²) in [6.45, 7) is 2.22. The Morgan fingerprint density at radius 2 is 2.08 bits per heavy atom. The van der Waals surface area contributed by atoms with Gasteiger partial charge in [-0.2, -0.15) is 0 Å². The summed E-state index contributed by atoms with van der Waals surface area (Å²) in [5, 5.41) is 8.54. The first-order chi connectivity index (χ1) is 5.90. The van der Waals surface area contributed by atoms with E-state index in [0.717, 1.165) is 0 Å². The first kappa shape index (κ1) is 11.3. The van der Waals surface area contributed by atoms with Crippen molar-refractivity contribution in [3.05, 3.63) is 0 Å². The fraction of sp³-hybridized carbons (Fsp3) is 0.500. The fourth-order valence-electron chi connectivity index (χ4n) is 0.382. The Morgan fingerprint density at radius 1 is 1.54 bits per heavy atom. The van der Waals surface area contributed by atoms with Crippen molar-refractivity contribution in [3.63, 3.8) is 0 Å². The number of hydrogen-bond donors (Lipinski definition) is 1. The van der Waals surface area contributed by atoms with Crippen molar-refractivity contribution in [1.29, 1.82) is 0 Å². The minimum atomic E-state index is -1.61. The van der Waals surface area contributed by atoms with Gasteiger partial charge in [0, 0.05) is 0 Å². The molecular weight excluding hydrogens is 176 g/mol. The number of carboxylic acid groups (broad SMARTS) is 1. The SMILES string of the molecule is C#CCOC(=O)OC(C)(C)C(=O)O. The highest BCUT2D eigenvalue weighted by Gasteiger charge is 2.32. The third-order valence-corrected chi connectivity index (χ3v) is 1.13. The number of aliphatic carboxylic acids is 1. The highest BCUT2D eigenvalue weighted by molar-refractivity contribution is 5.79. The fourth-order valence-corrected chi connectivity index (χ4v) is 0.382. The van der Waals surface area contributed by atoms with E-state index in [9.17, 15) is 9.59 Å². The molecule has 0 heterocycles. The molecule has 0 saturated heterocycles. The Balaban J connectivity index is 4.06. The Morgan fingerprint density at radius 3 is 2.46 bits per heavy atom. The number of carboxylic acids is 1. The van der Waals surface area contributed by atoms with Gasteiger partial charge in [0.15, 0.2) is 6.61 Å². The van der Waals surface area contributed by atoms with E-state index < -0.39 is 17.7 Å². The van der Waals surface area contributed by atoms with Gasteiger partial charge in [-0.05, 0) is 13.8 Å². The van der Waals surface area contributed by atoms with Gasteiger partial charge in [-0.25, -0.2) is 9.59 Å². The van der Waals surface area contributed by atoms with Crippen molar-refractivity contribution in [1.82, 2.24) is 0 Å². The molecule has 5 heteroatoms. The summed E-state index contributed by atoms with van der Waals surface area (Å²) < 4.78 is 8.76. The smallest absolute Gasteiger partial charge is 0.478 e. The highest BCUT2D eigenvalue weighted by atomic mass is 16.7. The summed E-state index contributed by atoms with van der Waals surface area (Å²) in [5.41, 5.74) is -1.61. The summed E-state index contributed by atoms with van der Waals surface area (Å²) in [7, 11) is 0. The molecule has 1 N–H and O–H groups in total. The summed E-state index contributed by atoms with van der Waals surface area (Å²) in [5.74, 6) is 0.784. The van der Waals surface area contributed by atoms with Gasteiger partial charge in [0.05, 0.1) is 0 Å². The van der Waals surface area contributed by atoms with Gasteiger partial charge < -0.3 is 14.6 Å². The van der Waals surface area contributed by atoms with Gasteiger partial charge in [0.25, 0.3) is 0 Å². The van der Waals surface area contributed by atoms with Crippen LogP contribution < -0.4 is 0 Å². The molecule has 0 aromatic heterocycles. The quantitative estimate of drug-likeness (QED) is 0.517. The van der Waals surface area contributed by atoms with Crippen LogP contribution in [0.15, 0.2) is 0 Å². The molecule has 0 atom stereocenters. The molecule has 0 unspecified atom stereocenters. The van der Waals surface area contributed by atoms with Gasteiger partial charge in [0.1, 0.15) is 0 Å². The summed E-state index contributed by atoms with van der Waals surface area (Å²) >= 11 is 0. The van der Waals surface area contributed by atoms with Crippen molar-refractivity contribution in [2.45, 2.75) is 19.4 Å². The molecule has 72 valence electrons. The zero-order chi connectivity index (χ0) is 10.5. The third-order valence-electron chi connectivity index (χ3n) is 1.13. The number of hydrogen-bond acceptors (Lipinski definition) is 4. The number of terminal acetylenes is 1. The van der Waals surface area contributed by atoms with Crippen LogP contribution in [0.1, 0.15) is 13.8 Å². The van der Waals surface area contributed by atoms with Gasteiger partial charge in [-0.15, -0.1) is 6.42 Å². The van der Waals surface area contributed by atoms with Crippen LogP contribution in [-0.2, 0) is 14.3 Å². The number of rotatable bonds is 3. The van der Waals surface area contributed by atoms with Crippen LogP contribution in [0, 0.1) is 12.3 Å². The van der Waals surface area contributed by atoms with Crippen molar-refractivity contribution in [2.75, 3.05) is 6.61 Å².